The molecular formula is C24H24ClN5O2. The first-order chi connectivity index (χ1) is 15.4. The monoisotopic (exact) mass is 449 g/mol. The maximum Gasteiger partial charge on any atom is 0.259 e. The number of rotatable bonds is 5. The molecule has 0 atom stereocenters. The molecule has 1 N–H and O–H groups in total. The van der Waals surface area contributed by atoms with Gasteiger partial charge in [0.15, 0.2) is 0 Å². The van der Waals surface area contributed by atoms with Crippen LogP contribution in [-0.2, 0) is 0 Å². The van der Waals surface area contributed by atoms with Crippen LogP contribution in [0.4, 0.5) is 5.69 Å². The van der Waals surface area contributed by atoms with Crippen molar-refractivity contribution < 1.29 is 9.53 Å². The SMILES string of the molecule is Cc1c(C(=O)Nc2ccc(OC3CCN(C)CC3)c(C#N)c2)cnn1-c1ccc(Cl)cc1. The van der Waals surface area contributed by atoms with Crippen molar-refractivity contribution >= 4 is 23.2 Å². The second-order valence-electron chi connectivity index (χ2n) is 7.93. The molecule has 0 aliphatic carbocycles. The number of hydrogen-bond acceptors (Lipinski definition) is 5. The van der Waals surface area contributed by atoms with Crippen LogP contribution in [-0.4, -0.2) is 46.8 Å². The van der Waals surface area contributed by atoms with Gasteiger partial charge in [0.2, 0.25) is 0 Å². The van der Waals surface area contributed by atoms with Gasteiger partial charge in [0.05, 0.1) is 28.7 Å². The molecule has 1 saturated heterocycles. The zero-order chi connectivity index (χ0) is 22.7. The van der Waals surface area contributed by atoms with Crippen LogP contribution in [0.25, 0.3) is 5.69 Å². The second-order valence-corrected chi connectivity index (χ2v) is 8.37. The van der Waals surface area contributed by atoms with Crippen LogP contribution < -0.4 is 10.1 Å². The normalized spacial score (nSPS) is 14.7. The zero-order valence-corrected chi connectivity index (χ0v) is 18.8. The van der Waals surface area contributed by atoms with E-state index < -0.39 is 0 Å². The molecule has 0 unspecified atom stereocenters. The Morgan fingerprint density at radius 1 is 1.22 bits per heavy atom. The van der Waals surface area contributed by atoms with E-state index in [1.807, 2.05) is 19.1 Å². The molecule has 1 aliphatic heterocycles. The second kappa shape index (κ2) is 9.43. The van der Waals surface area contributed by atoms with E-state index in [0.717, 1.165) is 31.6 Å². The standard InChI is InChI=1S/C24H24ClN5O2/c1-16-22(15-27-30(16)20-6-3-18(25)4-7-20)24(31)28-19-5-8-23(17(13-19)14-26)32-21-9-11-29(2)12-10-21/h3-8,13,15,21H,9-12H2,1-2H3,(H,28,31). The third kappa shape index (κ3) is 4.77. The van der Waals surface area contributed by atoms with Gasteiger partial charge in [-0.15, -0.1) is 0 Å². The summed E-state index contributed by atoms with van der Waals surface area (Å²) in [4.78, 5) is 15.1. The number of amides is 1. The van der Waals surface area contributed by atoms with Gasteiger partial charge in [0, 0.05) is 23.8 Å². The highest BCUT2D eigenvalue weighted by Crippen LogP contribution is 2.26. The molecule has 7 nitrogen and oxygen atoms in total. The third-order valence-electron chi connectivity index (χ3n) is 5.64. The van der Waals surface area contributed by atoms with E-state index in [-0.39, 0.29) is 12.0 Å². The lowest BCUT2D eigenvalue weighted by Gasteiger charge is -2.29. The van der Waals surface area contributed by atoms with Crippen molar-refractivity contribution in [3.05, 3.63) is 70.5 Å². The minimum atomic E-state index is -0.296. The summed E-state index contributed by atoms with van der Waals surface area (Å²) >= 11 is 5.95. The molecule has 8 heteroatoms. The Hall–Kier alpha value is -3.34. The summed E-state index contributed by atoms with van der Waals surface area (Å²) in [6.45, 7) is 3.78. The largest absolute Gasteiger partial charge is 0.489 e. The Labute approximate surface area is 192 Å². The lowest BCUT2D eigenvalue weighted by Crippen LogP contribution is -2.35. The number of nitriles is 1. The van der Waals surface area contributed by atoms with Gasteiger partial charge in [-0.2, -0.15) is 10.4 Å². The molecular weight excluding hydrogens is 426 g/mol. The van der Waals surface area contributed by atoms with Crippen molar-refractivity contribution in [3.63, 3.8) is 0 Å². The van der Waals surface area contributed by atoms with E-state index in [4.69, 9.17) is 16.3 Å². The Kier molecular flexibility index (Phi) is 6.45. The first-order valence-corrected chi connectivity index (χ1v) is 10.8. The molecule has 0 spiro atoms. The first kappa shape index (κ1) is 21.9. The average molecular weight is 450 g/mol. The topological polar surface area (TPSA) is 83.2 Å². The summed E-state index contributed by atoms with van der Waals surface area (Å²) in [7, 11) is 2.09. The van der Waals surface area contributed by atoms with Gasteiger partial charge >= 0.3 is 0 Å². The predicted octanol–water partition coefficient (Wildman–Crippen LogP) is 4.43. The van der Waals surface area contributed by atoms with E-state index in [2.05, 4.69) is 28.4 Å². The van der Waals surface area contributed by atoms with E-state index in [0.29, 0.717) is 33.3 Å². The van der Waals surface area contributed by atoms with Crippen LogP contribution in [0.3, 0.4) is 0 Å². The fraction of sp³-hybridized carbons (Fsp3) is 0.292. The highest BCUT2D eigenvalue weighted by molar-refractivity contribution is 6.30. The molecule has 0 saturated carbocycles. The van der Waals surface area contributed by atoms with Crippen LogP contribution in [0, 0.1) is 18.3 Å². The fourth-order valence-electron chi connectivity index (χ4n) is 3.75. The van der Waals surface area contributed by atoms with Crippen molar-refractivity contribution in [2.24, 2.45) is 0 Å². The first-order valence-electron chi connectivity index (χ1n) is 10.5. The molecule has 164 valence electrons. The number of halogens is 1. The molecule has 2 heterocycles. The molecule has 1 aromatic heterocycles. The van der Waals surface area contributed by atoms with Crippen molar-refractivity contribution in [2.45, 2.75) is 25.9 Å². The number of hydrogen-bond donors (Lipinski definition) is 1. The molecule has 32 heavy (non-hydrogen) atoms. The number of anilines is 1. The van der Waals surface area contributed by atoms with Crippen LogP contribution in [0.2, 0.25) is 5.02 Å². The molecule has 1 fully saturated rings. The van der Waals surface area contributed by atoms with Crippen molar-refractivity contribution in [3.8, 4) is 17.5 Å². The zero-order valence-electron chi connectivity index (χ0n) is 18.0. The summed E-state index contributed by atoms with van der Waals surface area (Å²) in [5.74, 6) is 0.252. The van der Waals surface area contributed by atoms with E-state index >= 15 is 0 Å². The minimum absolute atomic E-state index is 0.0973. The Morgan fingerprint density at radius 2 is 1.94 bits per heavy atom. The molecule has 2 aromatic carbocycles. The Morgan fingerprint density at radius 3 is 2.62 bits per heavy atom. The smallest absolute Gasteiger partial charge is 0.259 e. The number of ether oxygens (including phenoxy) is 1. The lowest BCUT2D eigenvalue weighted by atomic mass is 10.1. The number of carbonyl (C=O) groups is 1. The van der Waals surface area contributed by atoms with Crippen LogP contribution >= 0.6 is 11.6 Å². The molecule has 3 aromatic rings. The Bertz CT molecular complexity index is 1160. The summed E-state index contributed by atoms with van der Waals surface area (Å²) < 4.78 is 7.75. The van der Waals surface area contributed by atoms with Crippen LogP contribution in [0.15, 0.2) is 48.7 Å². The summed E-state index contributed by atoms with van der Waals surface area (Å²) in [6, 6.07) is 14.5. The Balaban J connectivity index is 1.48. The number of nitrogens with one attached hydrogen (secondary N) is 1. The fourth-order valence-corrected chi connectivity index (χ4v) is 3.88. The summed E-state index contributed by atoms with van der Waals surface area (Å²) in [5, 5.41) is 17.4. The van der Waals surface area contributed by atoms with Gasteiger partial charge in [0.25, 0.3) is 5.91 Å². The molecule has 4 rings (SSSR count). The number of piperidine rings is 1. The number of aromatic nitrogens is 2. The number of likely N-dealkylation sites (tertiary alicyclic amines) is 1. The number of benzene rings is 2. The molecule has 0 bridgehead atoms. The third-order valence-corrected chi connectivity index (χ3v) is 5.89. The van der Waals surface area contributed by atoms with Crippen molar-refractivity contribution in [2.75, 3.05) is 25.5 Å². The maximum absolute atomic E-state index is 12.9. The summed E-state index contributed by atoms with van der Waals surface area (Å²) in [5.41, 5.74) is 2.89. The lowest BCUT2D eigenvalue weighted by molar-refractivity contribution is 0.102. The van der Waals surface area contributed by atoms with E-state index in [1.54, 1.807) is 35.0 Å². The van der Waals surface area contributed by atoms with E-state index in [9.17, 15) is 10.1 Å². The number of carbonyl (C=O) groups excluding carboxylic acids is 1. The predicted molar refractivity (Wildman–Crippen MR) is 124 cm³/mol. The van der Waals surface area contributed by atoms with Crippen molar-refractivity contribution in [1.29, 1.82) is 5.26 Å². The summed E-state index contributed by atoms with van der Waals surface area (Å²) in [6.07, 6.45) is 3.48. The number of nitrogens with zero attached hydrogens (tertiary/aromatic N) is 4. The maximum atomic E-state index is 12.9. The molecule has 1 amide bonds. The van der Waals surface area contributed by atoms with Gasteiger partial charge in [-0.25, -0.2) is 4.68 Å². The molecule has 0 radical (unpaired) electrons. The van der Waals surface area contributed by atoms with Crippen molar-refractivity contribution in [1.82, 2.24) is 14.7 Å². The van der Waals surface area contributed by atoms with Gasteiger partial charge < -0.3 is 15.0 Å². The quantitative estimate of drug-likeness (QED) is 0.623. The van der Waals surface area contributed by atoms with Gasteiger partial charge in [-0.05, 0) is 69.3 Å². The highest BCUT2D eigenvalue weighted by atomic mass is 35.5. The van der Waals surface area contributed by atoms with Crippen LogP contribution in [0.5, 0.6) is 5.75 Å². The van der Waals surface area contributed by atoms with Gasteiger partial charge in [0.1, 0.15) is 17.9 Å². The van der Waals surface area contributed by atoms with E-state index in [1.165, 1.54) is 6.20 Å². The average Bonchev–Trinajstić information content (AvgIpc) is 3.18. The highest BCUT2D eigenvalue weighted by Gasteiger charge is 2.20. The molecule has 1 aliphatic rings. The van der Waals surface area contributed by atoms with Gasteiger partial charge in [-0.1, -0.05) is 11.6 Å². The van der Waals surface area contributed by atoms with Gasteiger partial charge in [-0.3, -0.25) is 4.79 Å². The minimum Gasteiger partial charge on any atom is -0.489 e. The van der Waals surface area contributed by atoms with Crippen LogP contribution in [0.1, 0.15) is 34.5 Å².